The Hall–Kier alpha value is -1.22. The van der Waals surface area contributed by atoms with Crippen molar-refractivity contribution in [1.29, 1.82) is 0 Å². The summed E-state index contributed by atoms with van der Waals surface area (Å²) in [5.74, 6) is 0. The fraction of sp³-hybridized carbons (Fsp3) is 0.0714. The van der Waals surface area contributed by atoms with Crippen LogP contribution >= 0.6 is 35.6 Å². The second kappa shape index (κ2) is 5.83. The van der Waals surface area contributed by atoms with E-state index in [-0.39, 0.29) is 12.4 Å². The average Bonchev–Trinajstić information content (AvgIpc) is 2.74. The maximum atomic E-state index is 5.92. The Kier molecular flexibility index (Phi) is 4.35. The molecule has 0 atom stereocenters. The summed E-state index contributed by atoms with van der Waals surface area (Å²) in [6, 6.07) is 11.8. The Balaban J connectivity index is 0.00000133. The quantitative estimate of drug-likeness (QED) is 0.663. The van der Waals surface area contributed by atoms with Gasteiger partial charge in [0.25, 0.3) is 0 Å². The third-order valence-corrected chi connectivity index (χ3v) is 3.29. The molecule has 0 aliphatic carbocycles. The van der Waals surface area contributed by atoms with Crippen molar-refractivity contribution in [3.8, 4) is 0 Å². The number of fused-ring (bicyclic) bond motifs is 1. The Morgan fingerprint density at radius 2 is 1.74 bits per heavy atom. The lowest BCUT2D eigenvalue weighted by Gasteiger charge is -2.05. The molecule has 0 amide bonds. The largest absolute Gasteiger partial charge is 0.328 e. The molecule has 0 aliphatic rings. The Labute approximate surface area is 127 Å². The number of nitrogens with zero attached hydrogens (tertiary/aromatic N) is 2. The van der Waals surface area contributed by atoms with E-state index in [9.17, 15) is 0 Å². The lowest BCUT2D eigenvalue weighted by Crippen LogP contribution is -1.98. The highest BCUT2D eigenvalue weighted by Gasteiger charge is 2.03. The van der Waals surface area contributed by atoms with Crippen molar-refractivity contribution in [2.45, 2.75) is 6.54 Å². The summed E-state index contributed by atoms with van der Waals surface area (Å²) >= 11 is 11.8. The Morgan fingerprint density at radius 1 is 1.00 bits per heavy atom. The monoisotopic (exact) mass is 312 g/mol. The number of aromatic nitrogens is 2. The van der Waals surface area contributed by atoms with Crippen molar-refractivity contribution in [2.75, 3.05) is 0 Å². The molecule has 0 bridgehead atoms. The zero-order valence-corrected chi connectivity index (χ0v) is 12.2. The van der Waals surface area contributed by atoms with Gasteiger partial charge in [-0.2, -0.15) is 0 Å². The van der Waals surface area contributed by atoms with E-state index in [1.165, 1.54) is 5.56 Å². The molecule has 0 radical (unpaired) electrons. The summed E-state index contributed by atoms with van der Waals surface area (Å²) in [6.45, 7) is 0.773. The molecule has 3 rings (SSSR count). The van der Waals surface area contributed by atoms with Gasteiger partial charge < -0.3 is 4.57 Å². The Morgan fingerprint density at radius 3 is 2.47 bits per heavy atom. The van der Waals surface area contributed by atoms with Gasteiger partial charge in [-0.25, -0.2) is 4.98 Å². The third-order valence-electron chi connectivity index (χ3n) is 2.83. The normalized spacial score (nSPS) is 10.4. The van der Waals surface area contributed by atoms with Crippen LogP contribution in [-0.4, -0.2) is 9.55 Å². The standard InChI is InChI=1S/C14H10Cl2N2.ClH/c15-12-3-1-10(2-4-12)9-18-6-5-11-7-13(16)8-17-14(11)18;/h1-8H,9H2;1H. The molecule has 2 aromatic heterocycles. The first-order valence-corrected chi connectivity index (χ1v) is 6.33. The van der Waals surface area contributed by atoms with Gasteiger partial charge in [-0.1, -0.05) is 35.3 Å². The number of hydrogen-bond acceptors (Lipinski definition) is 1. The predicted octanol–water partition coefficient (Wildman–Crippen LogP) is 4.81. The molecule has 2 nitrogen and oxygen atoms in total. The second-order valence-corrected chi connectivity index (χ2v) is 5.01. The van der Waals surface area contributed by atoms with E-state index in [1.54, 1.807) is 6.20 Å². The fourth-order valence-corrected chi connectivity index (χ4v) is 2.26. The van der Waals surface area contributed by atoms with Crippen molar-refractivity contribution >= 4 is 46.6 Å². The molecule has 1 aromatic carbocycles. The number of halogens is 3. The minimum atomic E-state index is 0. The SMILES string of the molecule is Cl.Clc1ccc(Cn2ccc3cc(Cl)cnc32)cc1. The van der Waals surface area contributed by atoms with Crippen LogP contribution in [0, 0.1) is 0 Å². The van der Waals surface area contributed by atoms with Gasteiger partial charge in [0.1, 0.15) is 5.65 Å². The molecule has 3 aromatic rings. The molecule has 5 heteroatoms. The van der Waals surface area contributed by atoms with Crippen LogP contribution in [0.15, 0.2) is 48.8 Å². The van der Waals surface area contributed by atoms with Gasteiger partial charge >= 0.3 is 0 Å². The molecule has 0 spiro atoms. The van der Waals surface area contributed by atoms with Crippen LogP contribution in [0.5, 0.6) is 0 Å². The van der Waals surface area contributed by atoms with E-state index in [0.717, 1.165) is 22.6 Å². The maximum absolute atomic E-state index is 5.92. The smallest absolute Gasteiger partial charge is 0.140 e. The first kappa shape index (κ1) is 14.2. The first-order chi connectivity index (χ1) is 8.72. The number of rotatable bonds is 2. The van der Waals surface area contributed by atoms with Crippen LogP contribution in [-0.2, 0) is 6.54 Å². The van der Waals surface area contributed by atoms with Crippen molar-refractivity contribution in [1.82, 2.24) is 9.55 Å². The molecule has 98 valence electrons. The van der Waals surface area contributed by atoms with E-state index in [0.29, 0.717) is 5.02 Å². The van der Waals surface area contributed by atoms with E-state index in [4.69, 9.17) is 23.2 Å². The summed E-state index contributed by atoms with van der Waals surface area (Å²) in [5.41, 5.74) is 2.13. The summed E-state index contributed by atoms with van der Waals surface area (Å²) in [6.07, 6.45) is 3.69. The first-order valence-electron chi connectivity index (χ1n) is 5.57. The van der Waals surface area contributed by atoms with Crippen molar-refractivity contribution in [3.05, 3.63) is 64.4 Å². The minimum Gasteiger partial charge on any atom is -0.328 e. The van der Waals surface area contributed by atoms with Gasteiger partial charge in [0.15, 0.2) is 0 Å². The van der Waals surface area contributed by atoms with Crippen molar-refractivity contribution in [3.63, 3.8) is 0 Å². The van der Waals surface area contributed by atoms with Crippen LogP contribution in [0.25, 0.3) is 11.0 Å². The van der Waals surface area contributed by atoms with E-state index in [2.05, 4.69) is 9.55 Å². The molecule has 19 heavy (non-hydrogen) atoms. The van der Waals surface area contributed by atoms with Crippen LogP contribution < -0.4 is 0 Å². The van der Waals surface area contributed by atoms with Crippen molar-refractivity contribution in [2.24, 2.45) is 0 Å². The second-order valence-electron chi connectivity index (χ2n) is 4.14. The topological polar surface area (TPSA) is 17.8 Å². The van der Waals surface area contributed by atoms with E-state index in [1.807, 2.05) is 42.6 Å². The fourth-order valence-electron chi connectivity index (χ4n) is 1.97. The molecule has 0 fully saturated rings. The molecule has 0 saturated heterocycles. The highest BCUT2D eigenvalue weighted by molar-refractivity contribution is 6.31. The number of hydrogen-bond donors (Lipinski definition) is 0. The van der Waals surface area contributed by atoms with Crippen LogP contribution in [0.1, 0.15) is 5.56 Å². The summed E-state index contributed by atoms with van der Waals surface area (Å²) in [7, 11) is 0. The summed E-state index contributed by atoms with van der Waals surface area (Å²) in [4.78, 5) is 4.36. The molecular weight excluding hydrogens is 303 g/mol. The lowest BCUT2D eigenvalue weighted by atomic mass is 10.2. The zero-order chi connectivity index (χ0) is 12.5. The van der Waals surface area contributed by atoms with Crippen LogP contribution in [0.4, 0.5) is 0 Å². The highest BCUT2D eigenvalue weighted by Crippen LogP contribution is 2.19. The molecule has 0 saturated carbocycles. The van der Waals surface area contributed by atoms with Crippen LogP contribution in [0.3, 0.4) is 0 Å². The third kappa shape index (κ3) is 3.03. The minimum absolute atomic E-state index is 0. The van der Waals surface area contributed by atoms with Gasteiger partial charge in [-0.05, 0) is 29.8 Å². The average molecular weight is 314 g/mol. The van der Waals surface area contributed by atoms with Gasteiger partial charge in [0.2, 0.25) is 0 Å². The highest BCUT2D eigenvalue weighted by atomic mass is 35.5. The maximum Gasteiger partial charge on any atom is 0.140 e. The summed E-state index contributed by atoms with van der Waals surface area (Å²) < 4.78 is 2.09. The van der Waals surface area contributed by atoms with Gasteiger partial charge in [0.05, 0.1) is 5.02 Å². The molecular formula is C14H11Cl3N2. The summed E-state index contributed by atoms with van der Waals surface area (Å²) in [5, 5.41) is 2.46. The molecule has 0 aliphatic heterocycles. The molecule has 0 unspecified atom stereocenters. The van der Waals surface area contributed by atoms with E-state index < -0.39 is 0 Å². The number of benzene rings is 1. The number of pyridine rings is 1. The molecule has 2 heterocycles. The zero-order valence-electron chi connectivity index (χ0n) is 9.88. The van der Waals surface area contributed by atoms with Gasteiger partial charge in [0, 0.05) is 29.3 Å². The molecule has 0 N–H and O–H groups in total. The lowest BCUT2D eigenvalue weighted by molar-refractivity contribution is 0.825. The van der Waals surface area contributed by atoms with Gasteiger partial charge in [-0.3, -0.25) is 0 Å². The van der Waals surface area contributed by atoms with Crippen LogP contribution in [0.2, 0.25) is 10.0 Å². The van der Waals surface area contributed by atoms with Gasteiger partial charge in [-0.15, -0.1) is 12.4 Å². The Bertz CT molecular complexity index is 689. The van der Waals surface area contributed by atoms with E-state index >= 15 is 0 Å². The van der Waals surface area contributed by atoms with Crippen molar-refractivity contribution < 1.29 is 0 Å². The predicted molar refractivity (Wildman–Crippen MR) is 82.5 cm³/mol.